The van der Waals surface area contributed by atoms with E-state index in [0.29, 0.717) is 0 Å². The third kappa shape index (κ3) is 4.50. The van der Waals surface area contributed by atoms with Crippen LogP contribution in [-0.2, 0) is 6.54 Å². The van der Waals surface area contributed by atoms with E-state index in [1.54, 1.807) is 7.11 Å². The van der Waals surface area contributed by atoms with Gasteiger partial charge in [0.1, 0.15) is 5.75 Å². The Labute approximate surface area is 127 Å². The summed E-state index contributed by atoms with van der Waals surface area (Å²) >= 11 is 0. The molecule has 0 aliphatic heterocycles. The van der Waals surface area contributed by atoms with Crippen LogP contribution in [-0.4, -0.2) is 26.1 Å². The summed E-state index contributed by atoms with van der Waals surface area (Å²) < 4.78 is 5.19. The van der Waals surface area contributed by atoms with Crippen molar-refractivity contribution in [1.82, 2.24) is 4.90 Å². The largest absolute Gasteiger partial charge is 0.497 e. The molecule has 2 rings (SSSR count). The molecule has 1 N–H and O–H groups in total. The number of nitrogens with one attached hydrogen (secondary N) is 1. The molecular formula is C18H24N2O. The molecule has 2 aromatic rings. The van der Waals surface area contributed by atoms with Crippen molar-refractivity contribution in [2.75, 3.05) is 26.5 Å². The minimum Gasteiger partial charge on any atom is -0.497 e. The number of hydrogen-bond donors (Lipinski definition) is 1. The van der Waals surface area contributed by atoms with Gasteiger partial charge in [0, 0.05) is 18.3 Å². The number of ether oxygens (including phenoxy) is 1. The maximum atomic E-state index is 5.19. The van der Waals surface area contributed by atoms with E-state index in [4.69, 9.17) is 4.74 Å². The van der Waals surface area contributed by atoms with Crippen LogP contribution in [0.3, 0.4) is 0 Å². The topological polar surface area (TPSA) is 24.5 Å². The van der Waals surface area contributed by atoms with Gasteiger partial charge in [0.25, 0.3) is 0 Å². The fourth-order valence-corrected chi connectivity index (χ4v) is 2.35. The van der Waals surface area contributed by atoms with Crippen molar-refractivity contribution in [2.24, 2.45) is 0 Å². The number of rotatable bonds is 6. The minimum atomic E-state index is 0.255. The summed E-state index contributed by atoms with van der Waals surface area (Å²) in [5.41, 5.74) is 3.71. The second kappa shape index (κ2) is 7.14. The van der Waals surface area contributed by atoms with Crippen molar-refractivity contribution in [3.63, 3.8) is 0 Å². The summed E-state index contributed by atoms with van der Waals surface area (Å²) in [4.78, 5) is 2.17. The quantitative estimate of drug-likeness (QED) is 0.870. The van der Waals surface area contributed by atoms with Crippen LogP contribution in [0.2, 0.25) is 0 Å². The molecule has 0 aromatic heterocycles. The first-order valence-corrected chi connectivity index (χ1v) is 7.22. The van der Waals surface area contributed by atoms with Crippen LogP contribution in [0, 0.1) is 0 Å². The monoisotopic (exact) mass is 284 g/mol. The first kappa shape index (κ1) is 15.4. The molecule has 21 heavy (non-hydrogen) atoms. The molecule has 0 aliphatic rings. The zero-order valence-corrected chi connectivity index (χ0v) is 13.3. The Balaban J connectivity index is 2.05. The van der Waals surface area contributed by atoms with Gasteiger partial charge in [-0.25, -0.2) is 0 Å². The van der Waals surface area contributed by atoms with Crippen molar-refractivity contribution in [3.05, 3.63) is 59.7 Å². The summed E-state index contributed by atoms with van der Waals surface area (Å²) in [7, 11) is 5.85. The van der Waals surface area contributed by atoms with Crippen molar-refractivity contribution >= 4 is 5.69 Å². The lowest BCUT2D eigenvalue weighted by molar-refractivity contribution is 0.402. The minimum absolute atomic E-state index is 0.255. The first-order valence-electron chi connectivity index (χ1n) is 7.22. The smallest absolute Gasteiger partial charge is 0.118 e. The molecule has 0 bridgehead atoms. The number of methoxy groups -OCH3 is 1. The van der Waals surface area contributed by atoms with Gasteiger partial charge in [0.05, 0.1) is 7.11 Å². The van der Waals surface area contributed by atoms with Crippen molar-refractivity contribution in [2.45, 2.75) is 19.5 Å². The average Bonchev–Trinajstić information content (AvgIpc) is 2.47. The molecule has 0 fully saturated rings. The van der Waals surface area contributed by atoms with Gasteiger partial charge in [0.15, 0.2) is 0 Å². The van der Waals surface area contributed by atoms with E-state index in [0.717, 1.165) is 18.0 Å². The molecule has 0 saturated heterocycles. The Morgan fingerprint density at radius 1 is 1.10 bits per heavy atom. The Bertz CT molecular complexity index is 564. The van der Waals surface area contributed by atoms with Gasteiger partial charge in [-0.2, -0.15) is 0 Å². The van der Waals surface area contributed by atoms with Crippen molar-refractivity contribution in [3.8, 4) is 5.75 Å². The number of nitrogens with zero attached hydrogens (tertiary/aromatic N) is 1. The molecule has 3 heteroatoms. The van der Waals surface area contributed by atoms with Gasteiger partial charge in [-0.15, -0.1) is 0 Å². The molecule has 1 atom stereocenters. The second-order valence-electron chi connectivity index (χ2n) is 5.58. The van der Waals surface area contributed by atoms with Crippen LogP contribution in [0.5, 0.6) is 5.75 Å². The maximum Gasteiger partial charge on any atom is 0.118 e. The molecule has 3 nitrogen and oxygen atoms in total. The Kier molecular flexibility index (Phi) is 5.23. The Morgan fingerprint density at radius 3 is 2.43 bits per heavy atom. The standard InChI is InChI=1S/C18H24N2O/c1-14(16-8-10-18(21-4)11-9-16)19-17-7-5-6-15(12-17)13-20(2)3/h5-12,14,19H,13H2,1-4H3. The molecule has 112 valence electrons. The summed E-state index contributed by atoms with van der Waals surface area (Å²) in [5.74, 6) is 0.888. The van der Waals surface area contributed by atoms with Crippen molar-refractivity contribution < 1.29 is 4.74 Å². The molecule has 0 spiro atoms. The number of anilines is 1. The fraction of sp³-hybridized carbons (Fsp3) is 0.333. The Hall–Kier alpha value is -2.00. The van der Waals surface area contributed by atoms with Gasteiger partial charge in [0.2, 0.25) is 0 Å². The van der Waals surface area contributed by atoms with Crippen LogP contribution in [0.1, 0.15) is 24.1 Å². The predicted octanol–water partition coefficient (Wildman–Crippen LogP) is 3.93. The summed E-state index contributed by atoms with van der Waals surface area (Å²) in [5, 5.41) is 3.55. The molecule has 0 saturated carbocycles. The Morgan fingerprint density at radius 2 is 1.81 bits per heavy atom. The van der Waals surface area contributed by atoms with Crippen LogP contribution < -0.4 is 10.1 Å². The van der Waals surface area contributed by atoms with Crippen LogP contribution >= 0.6 is 0 Å². The normalized spacial score (nSPS) is 12.2. The number of hydrogen-bond acceptors (Lipinski definition) is 3. The van der Waals surface area contributed by atoms with E-state index < -0.39 is 0 Å². The van der Waals surface area contributed by atoms with Gasteiger partial charge in [-0.05, 0) is 56.4 Å². The average molecular weight is 284 g/mol. The zero-order chi connectivity index (χ0) is 15.2. The first-order chi connectivity index (χ1) is 10.1. The SMILES string of the molecule is COc1ccc(C(C)Nc2cccc(CN(C)C)c2)cc1. The summed E-state index contributed by atoms with van der Waals surface area (Å²) in [6.45, 7) is 3.12. The van der Waals surface area contributed by atoms with E-state index in [1.807, 2.05) is 12.1 Å². The van der Waals surface area contributed by atoms with Crippen LogP contribution in [0.25, 0.3) is 0 Å². The van der Waals surface area contributed by atoms with Crippen molar-refractivity contribution in [1.29, 1.82) is 0 Å². The molecule has 1 unspecified atom stereocenters. The second-order valence-corrected chi connectivity index (χ2v) is 5.58. The maximum absolute atomic E-state index is 5.19. The van der Waals surface area contributed by atoms with Crippen LogP contribution in [0.4, 0.5) is 5.69 Å². The van der Waals surface area contributed by atoms with E-state index in [2.05, 4.69) is 67.6 Å². The van der Waals surface area contributed by atoms with E-state index in [9.17, 15) is 0 Å². The predicted molar refractivity (Wildman–Crippen MR) is 88.9 cm³/mol. The highest BCUT2D eigenvalue weighted by Crippen LogP contribution is 2.22. The highest BCUT2D eigenvalue weighted by atomic mass is 16.5. The van der Waals surface area contributed by atoms with E-state index in [1.165, 1.54) is 11.1 Å². The lowest BCUT2D eigenvalue weighted by atomic mass is 10.1. The zero-order valence-electron chi connectivity index (χ0n) is 13.3. The van der Waals surface area contributed by atoms with Gasteiger partial charge < -0.3 is 15.0 Å². The fourth-order valence-electron chi connectivity index (χ4n) is 2.35. The molecule has 0 aliphatic carbocycles. The molecular weight excluding hydrogens is 260 g/mol. The van der Waals surface area contributed by atoms with Gasteiger partial charge in [-0.3, -0.25) is 0 Å². The molecule has 0 amide bonds. The highest BCUT2D eigenvalue weighted by molar-refractivity contribution is 5.48. The van der Waals surface area contributed by atoms with Gasteiger partial charge in [-0.1, -0.05) is 24.3 Å². The van der Waals surface area contributed by atoms with E-state index in [-0.39, 0.29) is 6.04 Å². The molecule has 0 radical (unpaired) electrons. The van der Waals surface area contributed by atoms with Crippen LogP contribution in [0.15, 0.2) is 48.5 Å². The lowest BCUT2D eigenvalue weighted by Gasteiger charge is -2.17. The third-order valence-corrected chi connectivity index (χ3v) is 3.42. The highest BCUT2D eigenvalue weighted by Gasteiger charge is 2.06. The number of benzene rings is 2. The third-order valence-electron chi connectivity index (χ3n) is 3.42. The van der Waals surface area contributed by atoms with Gasteiger partial charge >= 0.3 is 0 Å². The summed E-state index contributed by atoms with van der Waals surface area (Å²) in [6.07, 6.45) is 0. The summed E-state index contributed by atoms with van der Waals surface area (Å²) in [6, 6.07) is 17.0. The molecule has 2 aromatic carbocycles. The lowest BCUT2D eigenvalue weighted by Crippen LogP contribution is -2.11. The van der Waals surface area contributed by atoms with E-state index >= 15 is 0 Å². The molecule has 0 heterocycles.